The number of hydrogen-bond acceptors (Lipinski definition) is 6. The van der Waals surface area contributed by atoms with E-state index in [0.29, 0.717) is 5.95 Å². The molecule has 3 rings (SSSR count). The highest BCUT2D eigenvalue weighted by Gasteiger charge is 2.24. The number of carbonyl (C=O) groups excluding carboxylic acids is 1. The maximum absolute atomic E-state index is 11.3. The summed E-state index contributed by atoms with van der Waals surface area (Å²) < 4.78 is 5.33. The Labute approximate surface area is 166 Å². The van der Waals surface area contributed by atoms with Crippen molar-refractivity contribution >= 4 is 23.4 Å². The number of amides is 1. The molecule has 1 atom stereocenters. The summed E-state index contributed by atoms with van der Waals surface area (Å²) in [6.07, 6.45) is 2.83. The third-order valence-corrected chi connectivity index (χ3v) is 4.88. The minimum absolute atomic E-state index is 0.0112. The summed E-state index contributed by atoms with van der Waals surface area (Å²) in [5.74, 6) is 2.28. The van der Waals surface area contributed by atoms with Crippen LogP contribution in [-0.4, -0.2) is 42.1 Å². The lowest BCUT2D eigenvalue weighted by atomic mass is 10.2. The summed E-state index contributed by atoms with van der Waals surface area (Å²) >= 11 is 0. The van der Waals surface area contributed by atoms with Crippen molar-refractivity contribution in [1.82, 2.24) is 15.3 Å². The van der Waals surface area contributed by atoms with E-state index >= 15 is 0 Å². The molecule has 1 aliphatic rings. The standard InChI is InChI=1S/C21H29N5O2/c1-5-6-16-11-20(26-10-9-17(13-26)22-15(3)27)25-21(23-16)24-19-12-18(28-4)8-7-14(19)2/h7-8,11-12,17H,5-6,9-10,13H2,1-4H3,(H,22,27)(H,23,24,25). The minimum Gasteiger partial charge on any atom is -0.497 e. The molecule has 1 aliphatic heterocycles. The smallest absolute Gasteiger partial charge is 0.229 e. The molecule has 7 nitrogen and oxygen atoms in total. The van der Waals surface area contributed by atoms with Gasteiger partial charge in [0.05, 0.1) is 7.11 Å². The lowest BCUT2D eigenvalue weighted by molar-refractivity contribution is -0.119. The molecule has 1 unspecified atom stereocenters. The average Bonchev–Trinajstić information content (AvgIpc) is 3.11. The molecule has 2 heterocycles. The maximum Gasteiger partial charge on any atom is 0.229 e. The van der Waals surface area contributed by atoms with Crippen LogP contribution in [-0.2, 0) is 11.2 Å². The average molecular weight is 383 g/mol. The van der Waals surface area contributed by atoms with Gasteiger partial charge in [0.25, 0.3) is 0 Å². The van der Waals surface area contributed by atoms with Crippen molar-refractivity contribution in [3.05, 3.63) is 35.5 Å². The number of nitrogens with zero attached hydrogens (tertiary/aromatic N) is 3. The van der Waals surface area contributed by atoms with E-state index in [-0.39, 0.29) is 11.9 Å². The van der Waals surface area contributed by atoms with Crippen LogP contribution in [0.5, 0.6) is 5.75 Å². The molecule has 0 aliphatic carbocycles. The zero-order chi connectivity index (χ0) is 20.1. The Bertz CT molecular complexity index is 840. The molecule has 2 N–H and O–H groups in total. The highest BCUT2D eigenvalue weighted by molar-refractivity contribution is 5.73. The van der Waals surface area contributed by atoms with E-state index in [4.69, 9.17) is 14.7 Å². The van der Waals surface area contributed by atoms with E-state index in [2.05, 4.69) is 28.5 Å². The van der Waals surface area contributed by atoms with Crippen LogP contribution in [0.15, 0.2) is 24.3 Å². The predicted molar refractivity (Wildman–Crippen MR) is 111 cm³/mol. The Morgan fingerprint density at radius 2 is 2.14 bits per heavy atom. The fourth-order valence-corrected chi connectivity index (χ4v) is 3.44. The Kier molecular flexibility index (Phi) is 6.34. The van der Waals surface area contributed by atoms with Crippen LogP contribution in [0, 0.1) is 6.92 Å². The molecule has 1 amide bonds. The SMILES string of the molecule is CCCc1cc(N2CCC(NC(C)=O)C2)nc(Nc2cc(OC)ccc2C)n1. The number of ether oxygens (including phenoxy) is 1. The first kappa shape index (κ1) is 19.9. The summed E-state index contributed by atoms with van der Waals surface area (Å²) in [5, 5.41) is 6.36. The minimum atomic E-state index is 0.0112. The van der Waals surface area contributed by atoms with Gasteiger partial charge in [-0.15, -0.1) is 0 Å². The monoisotopic (exact) mass is 383 g/mol. The fourth-order valence-electron chi connectivity index (χ4n) is 3.44. The number of methoxy groups -OCH3 is 1. The second kappa shape index (κ2) is 8.91. The van der Waals surface area contributed by atoms with Crippen molar-refractivity contribution in [2.45, 2.75) is 46.1 Å². The number of anilines is 3. The number of benzene rings is 1. The normalized spacial score (nSPS) is 16.1. The van der Waals surface area contributed by atoms with Gasteiger partial charge in [0.2, 0.25) is 11.9 Å². The van der Waals surface area contributed by atoms with Gasteiger partial charge in [0.15, 0.2) is 0 Å². The number of nitrogens with one attached hydrogen (secondary N) is 2. The van der Waals surface area contributed by atoms with E-state index in [1.54, 1.807) is 14.0 Å². The van der Waals surface area contributed by atoms with Crippen molar-refractivity contribution in [3.63, 3.8) is 0 Å². The molecule has 1 aromatic heterocycles. The van der Waals surface area contributed by atoms with Crippen molar-refractivity contribution in [2.24, 2.45) is 0 Å². The Balaban J connectivity index is 1.85. The zero-order valence-electron chi connectivity index (χ0n) is 17.1. The molecule has 28 heavy (non-hydrogen) atoms. The molecule has 1 aromatic carbocycles. The van der Waals surface area contributed by atoms with Crippen LogP contribution in [0.2, 0.25) is 0 Å². The van der Waals surface area contributed by atoms with Gasteiger partial charge in [-0.1, -0.05) is 19.4 Å². The van der Waals surface area contributed by atoms with Gasteiger partial charge in [-0.3, -0.25) is 4.79 Å². The van der Waals surface area contributed by atoms with E-state index in [1.165, 1.54) is 0 Å². The van der Waals surface area contributed by atoms with E-state index < -0.39 is 0 Å². The Morgan fingerprint density at radius 3 is 2.86 bits per heavy atom. The Morgan fingerprint density at radius 1 is 1.32 bits per heavy atom. The quantitative estimate of drug-likeness (QED) is 0.764. The lowest BCUT2D eigenvalue weighted by Crippen LogP contribution is -2.35. The summed E-state index contributed by atoms with van der Waals surface area (Å²) in [7, 11) is 1.66. The molecule has 150 valence electrons. The first-order chi connectivity index (χ1) is 13.5. The molecule has 0 saturated carbocycles. The van der Waals surface area contributed by atoms with Gasteiger partial charge in [-0.25, -0.2) is 4.98 Å². The molecule has 2 aromatic rings. The molecule has 0 radical (unpaired) electrons. The largest absolute Gasteiger partial charge is 0.497 e. The fraction of sp³-hybridized carbons (Fsp3) is 0.476. The number of aryl methyl sites for hydroxylation is 2. The highest BCUT2D eigenvalue weighted by atomic mass is 16.5. The number of hydrogen-bond donors (Lipinski definition) is 2. The topological polar surface area (TPSA) is 79.4 Å². The van der Waals surface area contributed by atoms with Gasteiger partial charge >= 0.3 is 0 Å². The summed E-state index contributed by atoms with van der Waals surface area (Å²) in [4.78, 5) is 23.0. The molecule has 7 heteroatoms. The van der Waals surface area contributed by atoms with E-state index in [1.807, 2.05) is 25.1 Å². The Hall–Kier alpha value is -2.83. The number of carbonyl (C=O) groups is 1. The van der Waals surface area contributed by atoms with Crippen molar-refractivity contribution < 1.29 is 9.53 Å². The maximum atomic E-state index is 11.3. The van der Waals surface area contributed by atoms with Gasteiger partial charge in [-0.2, -0.15) is 4.98 Å². The van der Waals surface area contributed by atoms with E-state index in [9.17, 15) is 4.79 Å². The lowest BCUT2D eigenvalue weighted by Gasteiger charge is -2.20. The van der Waals surface area contributed by atoms with Crippen LogP contribution in [0.4, 0.5) is 17.5 Å². The summed E-state index contributed by atoms with van der Waals surface area (Å²) in [5.41, 5.74) is 3.04. The molecule has 1 saturated heterocycles. The van der Waals surface area contributed by atoms with Crippen molar-refractivity contribution in [1.29, 1.82) is 0 Å². The zero-order valence-corrected chi connectivity index (χ0v) is 17.1. The molecular formula is C21H29N5O2. The highest BCUT2D eigenvalue weighted by Crippen LogP contribution is 2.26. The van der Waals surface area contributed by atoms with Gasteiger partial charge in [-0.05, 0) is 31.4 Å². The van der Waals surface area contributed by atoms with Crippen LogP contribution >= 0.6 is 0 Å². The molecule has 0 spiro atoms. The van der Waals surface area contributed by atoms with Gasteiger partial charge in [0.1, 0.15) is 11.6 Å². The summed E-state index contributed by atoms with van der Waals surface area (Å²) in [6, 6.07) is 8.12. The molecule has 0 bridgehead atoms. The van der Waals surface area contributed by atoms with Gasteiger partial charge in [0, 0.05) is 49.6 Å². The third kappa shape index (κ3) is 4.91. The second-order valence-electron chi connectivity index (χ2n) is 7.23. The first-order valence-electron chi connectivity index (χ1n) is 9.80. The van der Waals surface area contributed by atoms with Gasteiger partial charge < -0.3 is 20.3 Å². The van der Waals surface area contributed by atoms with Crippen molar-refractivity contribution in [3.8, 4) is 5.75 Å². The molecular weight excluding hydrogens is 354 g/mol. The number of aromatic nitrogens is 2. The first-order valence-corrected chi connectivity index (χ1v) is 9.80. The third-order valence-electron chi connectivity index (χ3n) is 4.88. The summed E-state index contributed by atoms with van der Waals surface area (Å²) in [6.45, 7) is 7.37. The number of rotatable bonds is 7. The van der Waals surface area contributed by atoms with Crippen LogP contribution < -0.4 is 20.3 Å². The predicted octanol–water partition coefficient (Wildman–Crippen LogP) is 3.20. The van der Waals surface area contributed by atoms with Crippen LogP contribution in [0.25, 0.3) is 0 Å². The van der Waals surface area contributed by atoms with Crippen LogP contribution in [0.3, 0.4) is 0 Å². The van der Waals surface area contributed by atoms with Crippen molar-refractivity contribution in [2.75, 3.05) is 30.4 Å². The second-order valence-corrected chi connectivity index (χ2v) is 7.23. The van der Waals surface area contributed by atoms with E-state index in [0.717, 1.165) is 60.9 Å². The van der Waals surface area contributed by atoms with Crippen LogP contribution in [0.1, 0.15) is 37.9 Å². The molecule has 1 fully saturated rings.